The number of rotatable bonds is 5. The number of nitrogens with one attached hydrogen (secondary N) is 2. The smallest absolute Gasteiger partial charge is 0.319 e. The number of aryl methyl sites for hydroxylation is 1. The van der Waals surface area contributed by atoms with Gasteiger partial charge in [0.05, 0.1) is 35.8 Å². The number of amides is 2. The Kier molecular flexibility index (Phi) is 7.40. The number of aromatic nitrogens is 1. The van der Waals surface area contributed by atoms with Crippen molar-refractivity contribution in [3.8, 4) is 22.5 Å². The quantitative estimate of drug-likeness (QED) is 0.234. The van der Waals surface area contributed by atoms with Crippen LogP contribution in [-0.4, -0.2) is 27.3 Å². The second-order valence-corrected chi connectivity index (χ2v) is 10.9. The third-order valence-corrected chi connectivity index (χ3v) is 7.44. The summed E-state index contributed by atoms with van der Waals surface area (Å²) >= 11 is 0. The fourth-order valence-corrected chi connectivity index (χ4v) is 5.47. The van der Waals surface area contributed by atoms with Gasteiger partial charge in [-0.3, -0.25) is 0 Å². The molecule has 4 N–H and O–H groups in total. The summed E-state index contributed by atoms with van der Waals surface area (Å²) in [4.78, 5) is 18.2. The number of benzene rings is 3. The van der Waals surface area contributed by atoms with Crippen LogP contribution < -0.4 is 10.6 Å². The highest BCUT2D eigenvalue weighted by Crippen LogP contribution is 2.42. The molecular weight excluding hydrogens is 512 g/mol. The number of aliphatic hydroxyl groups is 2. The lowest BCUT2D eigenvalue weighted by Gasteiger charge is -2.40. The Morgan fingerprint density at radius 2 is 1.68 bits per heavy atom. The Morgan fingerprint density at radius 3 is 2.40 bits per heavy atom. The topological polar surface area (TPSA) is 94.5 Å². The van der Waals surface area contributed by atoms with Crippen molar-refractivity contribution in [3.05, 3.63) is 107 Å². The fourth-order valence-electron chi connectivity index (χ4n) is 5.47. The first-order chi connectivity index (χ1) is 19.1. The minimum absolute atomic E-state index is 0.0951. The van der Waals surface area contributed by atoms with Gasteiger partial charge in [0.15, 0.2) is 11.6 Å². The molecule has 8 heteroatoms. The Balaban J connectivity index is 1.50. The second-order valence-electron chi connectivity index (χ2n) is 10.9. The average Bonchev–Trinajstić information content (AvgIpc) is 2.92. The van der Waals surface area contributed by atoms with E-state index >= 15 is 0 Å². The third-order valence-electron chi connectivity index (χ3n) is 7.44. The molecule has 206 valence electrons. The van der Waals surface area contributed by atoms with Gasteiger partial charge in [-0.05, 0) is 65.3 Å². The molecule has 0 fully saturated rings. The van der Waals surface area contributed by atoms with Crippen LogP contribution in [0.1, 0.15) is 48.6 Å². The van der Waals surface area contributed by atoms with Crippen LogP contribution >= 0.6 is 0 Å². The zero-order valence-corrected chi connectivity index (χ0v) is 22.5. The van der Waals surface area contributed by atoms with Crippen molar-refractivity contribution in [1.82, 2.24) is 10.3 Å². The zero-order chi connectivity index (χ0) is 28.6. The van der Waals surface area contributed by atoms with Gasteiger partial charge in [0, 0.05) is 11.1 Å². The van der Waals surface area contributed by atoms with Crippen LogP contribution in [0.25, 0.3) is 22.5 Å². The largest absolute Gasteiger partial charge is 0.392 e. The Labute approximate surface area is 231 Å². The number of fused-ring (bicyclic) bond motifs is 1. The molecule has 2 atom stereocenters. The van der Waals surface area contributed by atoms with Crippen LogP contribution in [0.2, 0.25) is 0 Å². The van der Waals surface area contributed by atoms with Crippen LogP contribution in [0.3, 0.4) is 0 Å². The van der Waals surface area contributed by atoms with Gasteiger partial charge >= 0.3 is 6.03 Å². The monoisotopic (exact) mass is 543 g/mol. The number of hydrogen-bond donors (Lipinski definition) is 4. The van der Waals surface area contributed by atoms with Gasteiger partial charge in [-0.25, -0.2) is 18.6 Å². The van der Waals surface area contributed by atoms with E-state index in [0.717, 1.165) is 34.4 Å². The predicted octanol–water partition coefficient (Wildman–Crippen LogP) is 6.40. The Hall–Kier alpha value is -4.14. The van der Waals surface area contributed by atoms with E-state index in [-0.39, 0.29) is 13.0 Å². The molecule has 1 unspecified atom stereocenters. The van der Waals surface area contributed by atoms with E-state index in [4.69, 9.17) is 4.98 Å². The first-order valence-electron chi connectivity index (χ1n) is 13.1. The van der Waals surface area contributed by atoms with Gasteiger partial charge in [-0.15, -0.1) is 0 Å². The molecule has 5 rings (SSSR count). The van der Waals surface area contributed by atoms with Gasteiger partial charge < -0.3 is 20.8 Å². The molecule has 1 aliphatic carbocycles. The first-order valence-corrected chi connectivity index (χ1v) is 13.1. The number of carbonyl (C=O) groups is 1. The lowest BCUT2D eigenvalue weighted by atomic mass is 9.69. The normalized spacial score (nSPS) is 17.7. The molecule has 4 aromatic rings. The molecule has 40 heavy (non-hydrogen) atoms. The number of halogens is 2. The van der Waals surface area contributed by atoms with E-state index < -0.39 is 35.2 Å². The molecule has 0 aliphatic heterocycles. The fraction of sp³-hybridized carbons (Fsp3) is 0.250. The number of nitrogens with zero attached hydrogens (tertiary/aromatic N) is 1. The maximum absolute atomic E-state index is 14.2. The highest BCUT2D eigenvalue weighted by Gasteiger charge is 2.40. The summed E-state index contributed by atoms with van der Waals surface area (Å²) in [5, 5.41) is 26.2. The Morgan fingerprint density at radius 1 is 0.975 bits per heavy atom. The molecule has 1 heterocycles. The van der Waals surface area contributed by atoms with Crippen LogP contribution in [0, 0.1) is 18.6 Å². The summed E-state index contributed by atoms with van der Waals surface area (Å²) in [5.41, 5.74) is 5.12. The van der Waals surface area contributed by atoms with Crippen LogP contribution in [0.15, 0.2) is 72.8 Å². The van der Waals surface area contributed by atoms with Gasteiger partial charge in [0.2, 0.25) is 0 Å². The molecule has 0 bridgehead atoms. The van der Waals surface area contributed by atoms with Crippen molar-refractivity contribution >= 4 is 11.7 Å². The highest BCUT2D eigenvalue weighted by atomic mass is 19.2. The lowest BCUT2D eigenvalue weighted by Crippen LogP contribution is -2.45. The SMILES string of the molecule is Cc1cc(NC(=O)NC2c3cc(F)c(F)cc3C(C)(C)C[C@H]2O)c(-c2ccccc2)nc1-c1cccc(CO)c1. The van der Waals surface area contributed by atoms with Crippen LogP contribution in [0.5, 0.6) is 0 Å². The number of carbonyl (C=O) groups excluding carboxylic acids is 1. The zero-order valence-electron chi connectivity index (χ0n) is 22.5. The van der Waals surface area contributed by atoms with Crippen molar-refractivity contribution < 1.29 is 23.8 Å². The highest BCUT2D eigenvalue weighted by molar-refractivity contribution is 5.94. The summed E-state index contributed by atoms with van der Waals surface area (Å²) < 4.78 is 28.4. The minimum atomic E-state index is -1.04. The minimum Gasteiger partial charge on any atom is -0.392 e. The third kappa shape index (κ3) is 5.33. The maximum atomic E-state index is 14.2. The van der Waals surface area contributed by atoms with E-state index in [1.807, 2.05) is 81.4 Å². The predicted molar refractivity (Wildman–Crippen MR) is 151 cm³/mol. The van der Waals surface area contributed by atoms with E-state index in [1.54, 1.807) is 0 Å². The van der Waals surface area contributed by atoms with E-state index in [0.29, 0.717) is 28.2 Å². The maximum Gasteiger partial charge on any atom is 0.319 e. The lowest BCUT2D eigenvalue weighted by molar-refractivity contribution is 0.0878. The van der Waals surface area contributed by atoms with Crippen molar-refractivity contribution in [2.45, 2.75) is 51.4 Å². The Bertz CT molecular complexity index is 1570. The van der Waals surface area contributed by atoms with Crippen molar-refractivity contribution in [2.75, 3.05) is 5.32 Å². The van der Waals surface area contributed by atoms with Crippen molar-refractivity contribution in [1.29, 1.82) is 0 Å². The van der Waals surface area contributed by atoms with E-state index in [2.05, 4.69) is 10.6 Å². The van der Waals surface area contributed by atoms with E-state index in [1.165, 1.54) is 0 Å². The number of aliphatic hydroxyl groups excluding tert-OH is 2. The first kappa shape index (κ1) is 27.4. The number of pyridine rings is 1. The number of anilines is 1. The van der Waals surface area contributed by atoms with Gasteiger partial charge in [-0.1, -0.05) is 62.4 Å². The molecule has 1 aliphatic rings. The van der Waals surface area contributed by atoms with Crippen molar-refractivity contribution in [2.24, 2.45) is 0 Å². The molecule has 0 radical (unpaired) electrons. The standard InChI is InChI=1S/C32H31F2N3O3/c1-18-12-26(29(20-9-5-4-6-10-20)36-28(18)21-11-7-8-19(13-21)17-38)35-31(40)37-30-22-14-24(33)25(34)15-23(22)32(2,3)16-27(30)39/h4-15,27,30,38-39H,16-17H2,1-3H3,(H2,35,37,40)/t27-,30?/m1/s1. The molecule has 6 nitrogen and oxygen atoms in total. The second kappa shape index (κ2) is 10.8. The average molecular weight is 544 g/mol. The van der Waals surface area contributed by atoms with Gasteiger partial charge in [0.1, 0.15) is 0 Å². The van der Waals surface area contributed by atoms with Crippen LogP contribution in [-0.2, 0) is 12.0 Å². The van der Waals surface area contributed by atoms with Gasteiger partial charge in [-0.2, -0.15) is 0 Å². The molecule has 0 saturated heterocycles. The molecule has 1 aromatic heterocycles. The summed E-state index contributed by atoms with van der Waals surface area (Å²) in [6, 6.07) is 19.3. The molecular formula is C32H31F2N3O3. The molecule has 2 amide bonds. The van der Waals surface area contributed by atoms with Crippen molar-refractivity contribution in [3.63, 3.8) is 0 Å². The molecule has 0 spiro atoms. The summed E-state index contributed by atoms with van der Waals surface area (Å²) in [7, 11) is 0. The number of hydrogen-bond acceptors (Lipinski definition) is 4. The number of urea groups is 1. The molecule has 0 saturated carbocycles. The van der Waals surface area contributed by atoms with Crippen LogP contribution in [0.4, 0.5) is 19.3 Å². The van der Waals surface area contributed by atoms with Gasteiger partial charge in [0.25, 0.3) is 0 Å². The summed E-state index contributed by atoms with van der Waals surface area (Å²) in [5.74, 6) is -2.01. The summed E-state index contributed by atoms with van der Waals surface area (Å²) in [6.07, 6.45) is -0.749. The molecule has 3 aromatic carbocycles. The van der Waals surface area contributed by atoms with E-state index in [9.17, 15) is 23.8 Å². The summed E-state index contributed by atoms with van der Waals surface area (Å²) in [6.45, 7) is 5.48.